The Morgan fingerprint density at radius 3 is 2.46 bits per heavy atom. The van der Waals surface area contributed by atoms with Crippen molar-refractivity contribution in [2.24, 2.45) is 0 Å². The molecule has 0 saturated heterocycles. The SMILES string of the molecule is N#Cc1ccc(Cl)cc1NC(=O)C(=O)NCC1(c2ccc(F)cc2)CC1. The summed E-state index contributed by atoms with van der Waals surface area (Å²) in [5.74, 6) is -2.00. The van der Waals surface area contributed by atoms with E-state index in [-0.39, 0.29) is 29.0 Å². The van der Waals surface area contributed by atoms with E-state index in [1.165, 1.54) is 30.3 Å². The zero-order chi connectivity index (χ0) is 18.7. The lowest BCUT2D eigenvalue weighted by molar-refractivity contribution is -0.136. The minimum Gasteiger partial charge on any atom is -0.347 e. The quantitative estimate of drug-likeness (QED) is 0.810. The fourth-order valence-corrected chi connectivity index (χ4v) is 2.92. The van der Waals surface area contributed by atoms with Crippen LogP contribution in [0, 0.1) is 17.1 Å². The summed E-state index contributed by atoms with van der Waals surface area (Å²) < 4.78 is 13.1. The first-order valence-corrected chi connectivity index (χ1v) is 8.36. The van der Waals surface area contributed by atoms with Crippen LogP contribution in [0.5, 0.6) is 0 Å². The molecule has 0 aliphatic heterocycles. The number of nitrogens with zero attached hydrogens (tertiary/aromatic N) is 1. The van der Waals surface area contributed by atoms with Gasteiger partial charge in [-0.3, -0.25) is 9.59 Å². The molecule has 0 radical (unpaired) electrons. The summed E-state index contributed by atoms with van der Waals surface area (Å²) in [6.07, 6.45) is 1.71. The van der Waals surface area contributed by atoms with Crippen molar-refractivity contribution in [1.29, 1.82) is 5.26 Å². The molecular formula is C19H15ClFN3O2. The van der Waals surface area contributed by atoms with Crippen LogP contribution in [0.2, 0.25) is 5.02 Å². The van der Waals surface area contributed by atoms with Crippen molar-refractivity contribution in [1.82, 2.24) is 5.32 Å². The Morgan fingerprint density at radius 2 is 1.85 bits per heavy atom. The monoisotopic (exact) mass is 371 g/mol. The van der Waals surface area contributed by atoms with Gasteiger partial charge in [0.2, 0.25) is 0 Å². The van der Waals surface area contributed by atoms with Gasteiger partial charge in [0.15, 0.2) is 0 Å². The summed E-state index contributed by atoms with van der Waals surface area (Å²) in [5.41, 5.74) is 1.07. The fourth-order valence-electron chi connectivity index (χ4n) is 2.75. The predicted octanol–water partition coefficient (Wildman–Crippen LogP) is 3.14. The third kappa shape index (κ3) is 3.84. The summed E-state index contributed by atoms with van der Waals surface area (Å²) in [7, 11) is 0. The van der Waals surface area contributed by atoms with Gasteiger partial charge in [-0.25, -0.2) is 4.39 Å². The van der Waals surface area contributed by atoms with Crippen LogP contribution in [0.4, 0.5) is 10.1 Å². The molecule has 2 aromatic rings. The van der Waals surface area contributed by atoms with Gasteiger partial charge in [0.25, 0.3) is 0 Å². The van der Waals surface area contributed by atoms with Crippen LogP contribution in [0.3, 0.4) is 0 Å². The first-order valence-electron chi connectivity index (χ1n) is 7.98. The third-order valence-corrected chi connectivity index (χ3v) is 4.69. The van der Waals surface area contributed by atoms with E-state index in [2.05, 4.69) is 10.6 Å². The molecule has 132 valence electrons. The fraction of sp³-hybridized carbons (Fsp3) is 0.211. The molecule has 1 aliphatic carbocycles. The number of hydrogen-bond acceptors (Lipinski definition) is 3. The Balaban J connectivity index is 1.62. The maximum Gasteiger partial charge on any atom is 0.313 e. The number of hydrogen-bond donors (Lipinski definition) is 2. The largest absolute Gasteiger partial charge is 0.347 e. The number of benzene rings is 2. The van der Waals surface area contributed by atoms with Crippen LogP contribution in [0.15, 0.2) is 42.5 Å². The second-order valence-electron chi connectivity index (χ2n) is 6.23. The maximum absolute atomic E-state index is 13.1. The standard InChI is InChI=1S/C19H15ClFN3O2/c20-14-4-1-12(10-22)16(9-14)24-18(26)17(25)23-11-19(7-8-19)13-2-5-15(21)6-3-13/h1-6,9H,7-8,11H2,(H,23,25)(H,24,26). The number of carbonyl (C=O) groups is 2. The molecule has 26 heavy (non-hydrogen) atoms. The van der Waals surface area contributed by atoms with Gasteiger partial charge >= 0.3 is 11.8 Å². The van der Waals surface area contributed by atoms with Gasteiger partial charge in [-0.2, -0.15) is 5.26 Å². The number of rotatable bonds is 4. The van der Waals surface area contributed by atoms with E-state index in [1.54, 1.807) is 12.1 Å². The molecule has 0 heterocycles. The molecule has 5 nitrogen and oxygen atoms in total. The van der Waals surface area contributed by atoms with Crippen LogP contribution >= 0.6 is 11.6 Å². The maximum atomic E-state index is 13.1. The molecule has 1 aliphatic rings. The lowest BCUT2D eigenvalue weighted by atomic mass is 9.96. The van der Waals surface area contributed by atoms with E-state index in [0.717, 1.165) is 18.4 Å². The van der Waals surface area contributed by atoms with Crippen LogP contribution < -0.4 is 10.6 Å². The van der Waals surface area contributed by atoms with Gasteiger partial charge in [0.1, 0.15) is 11.9 Å². The van der Waals surface area contributed by atoms with E-state index < -0.39 is 11.8 Å². The van der Waals surface area contributed by atoms with Crippen molar-refractivity contribution in [3.8, 4) is 6.07 Å². The van der Waals surface area contributed by atoms with Gasteiger partial charge in [-0.15, -0.1) is 0 Å². The number of anilines is 1. The van der Waals surface area contributed by atoms with Crippen molar-refractivity contribution in [3.63, 3.8) is 0 Å². The van der Waals surface area contributed by atoms with Crippen LogP contribution in [0.25, 0.3) is 0 Å². The number of amides is 2. The first-order chi connectivity index (χ1) is 12.4. The van der Waals surface area contributed by atoms with Gasteiger partial charge in [-0.1, -0.05) is 23.7 Å². The molecule has 2 aromatic carbocycles. The van der Waals surface area contributed by atoms with E-state index in [9.17, 15) is 14.0 Å². The molecule has 0 spiro atoms. The normalized spacial score (nSPS) is 14.2. The van der Waals surface area contributed by atoms with Crippen molar-refractivity contribution in [3.05, 3.63) is 64.4 Å². The Labute approximate surface area is 154 Å². The molecule has 2 N–H and O–H groups in total. The average molecular weight is 372 g/mol. The van der Waals surface area contributed by atoms with E-state index in [1.807, 2.05) is 6.07 Å². The van der Waals surface area contributed by atoms with Gasteiger partial charge in [0, 0.05) is 17.0 Å². The molecular weight excluding hydrogens is 357 g/mol. The van der Waals surface area contributed by atoms with Crippen molar-refractivity contribution >= 4 is 29.1 Å². The van der Waals surface area contributed by atoms with Crippen molar-refractivity contribution in [2.45, 2.75) is 18.3 Å². The number of nitriles is 1. The minimum atomic E-state index is -0.876. The highest BCUT2D eigenvalue weighted by Gasteiger charge is 2.44. The van der Waals surface area contributed by atoms with Crippen LogP contribution in [-0.2, 0) is 15.0 Å². The summed E-state index contributed by atoms with van der Waals surface area (Å²) in [5, 5.41) is 14.4. The van der Waals surface area contributed by atoms with Gasteiger partial charge in [-0.05, 0) is 48.7 Å². The van der Waals surface area contributed by atoms with Crippen molar-refractivity contribution < 1.29 is 14.0 Å². The zero-order valence-electron chi connectivity index (χ0n) is 13.7. The molecule has 1 saturated carbocycles. The Morgan fingerprint density at radius 1 is 1.15 bits per heavy atom. The van der Waals surface area contributed by atoms with Gasteiger partial charge in [0.05, 0.1) is 11.3 Å². The predicted molar refractivity (Wildman–Crippen MR) is 95.1 cm³/mol. The minimum absolute atomic E-state index is 0.180. The molecule has 7 heteroatoms. The zero-order valence-corrected chi connectivity index (χ0v) is 14.4. The second kappa shape index (κ2) is 7.14. The number of carbonyl (C=O) groups excluding carboxylic acids is 2. The molecule has 0 unspecified atom stereocenters. The Kier molecular flexibility index (Phi) is 4.92. The highest BCUT2D eigenvalue weighted by Crippen LogP contribution is 2.47. The Hall–Kier alpha value is -2.91. The summed E-state index contributed by atoms with van der Waals surface area (Å²) in [4.78, 5) is 24.2. The summed E-state index contributed by atoms with van der Waals surface area (Å²) >= 11 is 5.86. The van der Waals surface area contributed by atoms with E-state index >= 15 is 0 Å². The smallest absolute Gasteiger partial charge is 0.313 e. The second-order valence-corrected chi connectivity index (χ2v) is 6.66. The highest BCUT2D eigenvalue weighted by atomic mass is 35.5. The third-order valence-electron chi connectivity index (χ3n) is 4.45. The molecule has 2 amide bonds. The van der Waals surface area contributed by atoms with E-state index in [0.29, 0.717) is 5.02 Å². The molecule has 1 fully saturated rings. The lowest BCUT2D eigenvalue weighted by Gasteiger charge is -2.16. The first kappa shape index (κ1) is 17.9. The Bertz CT molecular complexity index is 902. The molecule has 0 aromatic heterocycles. The van der Waals surface area contributed by atoms with Crippen molar-refractivity contribution in [2.75, 3.05) is 11.9 Å². The van der Waals surface area contributed by atoms with Crippen LogP contribution in [0.1, 0.15) is 24.0 Å². The number of nitrogens with one attached hydrogen (secondary N) is 2. The van der Waals surface area contributed by atoms with Gasteiger partial charge < -0.3 is 10.6 Å². The molecule has 0 bridgehead atoms. The topological polar surface area (TPSA) is 82.0 Å². The summed E-state index contributed by atoms with van der Waals surface area (Å²) in [6, 6.07) is 12.5. The molecule has 0 atom stereocenters. The highest BCUT2D eigenvalue weighted by molar-refractivity contribution is 6.40. The van der Waals surface area contributed by atoms with Crippen LogP contribution in [-0.4, -0.2) is 18.4 Å². The number of halogens is 2. The van der Waals surface area contributed by atoms with E-state index in [4.69, 9.17) is 16.9 Å². The molecule has 3 rings (SSSR count). The lowest BCUT2D eigenvalue weighted by Crippen LogP contribution is -2.39. The summed E-state index contributed by atoms with van der Waals surface area (Å²) in [6.45, 7) is 0.283. The average Bonchev–Trinajstić information content (AvgIpc) is 3.41.